The van der Waals surface area contributed by atoms with Gasteiger partial charge in [0, 0.05) is 12.1 Å². The van der Waals surface area contributed by atoms with Gasteiger partial charge in [0.05, 0.1) is 17.2 Å². The second-order valence-electron chi connectivity index (χ2n) is 4.92. The van der Waals surface area contributed by atoms with Gasteiger partial charge in [0.25, 0.3) is 5.91 Å². The summed E-state index contributed by atoms with van der Waals surface area (Å²) in [6.07, 6.45) is 0. The van der Waals surface area contributed by atoms with Crippen molar-refractivity contribution in [2.24, 2.45) is 11.7 Å². The van der Waals surface area contributed by atoms with E-state index in [-0.39, 0.29) is 24.2 Å². The largest absolute Gasteiger partial charge is 0.345 e. The lowest BCUT2D eigenvalue weighted by atomic mass is 9.88. The number of amides is 1. The summed E-state index contributed by atoms with van der Waals surface area (Å²) in [6, 6.07) is 8.57. The summed E-state index contributed by atoms with van der Waals surface area (Å²) < 4.78 is 0. The van der Waals surface area contributed by atoms with Crippen LogP contribution in [0.25, 0.3) is 0 Å². The van der Waals surface area contributed by atoms with E-state index in [0.29, 0.717) is 17.7 Å². The third-order valence-electron chi connectivity index (χ3n) is 3.37. The highest BCUT2D eigenvalue weighted by Gasteiger charge is 2.28. The lowest BCUT2D eigenvalue weighted by molar-refractivity contribution is 0.0883. The van der Waals surface area contributed by atoms with Gasteiger partial charge in [-0.3, -0.25) is 4.79 Å². The number of nitriles is 1. The molecule has 0 aliphatic rings. The fraction of sp³-hybridized carbons (Fsp3) is 0.429. The van der Waals surface area contributed by atoms with E-state index in [1.165, 1.54) is 0 Å². The van der Waals surface area contributed by atoms with Crippen LogP contribution in [0.4, 0.5) is 0 Å². The first kappa shape index (κ1) is 17.4. The molecule has 0 radical (unpaired) electrons. The summed E-state index contributed by atoms with van der Waals surface area (Å²) in [4.78, 5) is 12.1. The average molecular weight is 282 g/mol. The molecule has 0 fully saturated rings. The second-order valence-corrected chi connectivity index (χ2v) is 4.92. The van der Waals surface area contributed by atoms with Gasteiger partial charge < -0.3 is 11.1 Å². The maximum Gasteiger partial charge on any atom is 0.251 e. The van der Waals surface area contributed by atoms with Gasteiger partial charge in [0.2, 0.25) is 0 Å². The molecule has 0 spiro atoms. The standard InChI is InChI=1S/C14H19N3O.ClH/c1-10(2)14(3,9-16)17-13(18)12-6-4-11(8-15)5-7-12;/h4-7,10H,9,16H2,1-3H3,(H,17,18);1H. The van der Waals surface area contributed by atoms with Gasteiger partial charge >= 0.3 is 0 Å². The van der Waals surface area contributed by atoms with Crippen molar-refractivity contribution < 1.29 is 4.79 Å². The zero-order valence-electron chi connectivity index (χ0n) is 11.4. The van der Waals surface area contributed by atoms with Crippen molar-refractivity contribution in [3.8, 4) is 6.07 Å². The Bertz CT molecular complexity index is 465. The number of nitrogens with one attached hydrogen (secondary N) is 1. The molecule has 1 aromatic rings. The highest BCUT2D eigenvalue weighted by Crippen LogP contribution is 2.16. The quantitative estimate of drug-likeness (QED) is 0.887. The van der Waals surface area contributed by atoms with Crippen molar-refractivity contribution in [2.45, 2.75) is 26.3 Å². The number of hydrogen-bond donors (Lipinski definition) is 2. The molecule has 5 heteroatoms. The van der Waals surface area contributed by atoms with Crippen molar-refractivity contribution in [3.05, 3.63) is 35.4 Å². The molecule has 1 unspecified atom stereocenters. The minimum Gasteiger partial charge on any atom is -0.345 e. The lowest BCUT2D eigenvalue weighted by Crippen LogP contribution is -2.55. The Morgan fingerprint density at radius 1 is 1.42 bits per heavy atom. The number of benzene rings is 1. The van der Waals surface area contributed by atoms with Crippen molar-refractivity contribution in [3.63, 3.8) is 0 Å². The SMILES string of the molecule is CC(C)C(C)(CN)NC(=O)c1ccc(C#N)cc1.Cl. The third-order valence-corrected chi connectivity index (χ3v) is 3.37. The molecule has 104 valence electrons. The number of nitrogens with two attached hydrogens (primary N) is 1. The Morgan fingerprint density at radius 3 is 2.32 bits per heavy atom. The van der Waals surface area contributed by atoms with Gasteiger partial charge in [-0.05, 0) is 37.1 Å². The summed E-state index contributed by atoms with van der Waals surface area (Å²) in [6.45, 7) is 6.35. The van der Waals surface area contributed by atoms with E-state index >= 15 is 0 Å². The third kappa shape index (κ3) is 4.23. The zero-order valence-corrected chi connectivity index (χ0v) is 12.3. The van der Waals surface area contributed by atoms with Crippen LogP contribution in [0, 0.1) is 17.2 Å². The van der Waals surface area contributed by atoms with Crippen LogP contribution in [0.1, 0.15) is 36.7 Å². The number of carbonyl (C=O) groups excluding carboxylic acids is 1. The van der Waals surface area contributed by atoms with Gasteiger partial charge in [-0.25, -0.2) is 0 Å². The monoisotopic (exact) mass is 281 g/mol. The molecule has 3 N–H and O–H groups in total. The zero-order chi connectivity index (χ0) is 13.8. The lowest BCUT2D eigenvalue weighted by Gasteiger charge is -2.33. The van der Waals surface area contributed by atoms with Crippen LogP contribution in [-0.4, -0.2) is 18.0 Å². The van der Waals surface area contributed by atoms with Crippen LogP contribution in [0.15, 0.2) is 24.3 Å². The molecule has 0 aromatic heterocycles. The summed E-state index contributed by atoms with van der Waals surface area (Å²) in [5.74, 6) is 0.0750. The Kier molecular flexibility index (Phi) is 6.54. The van der Waals surface area contributed by atoms with Gasteiger partial charge in [0.15, 0.2) is 0 Å². The van der Waals surface area contributed by atoms with Gasteiger partial charge in [-0.15, -0.1) is 12.4 Å². The number of nitrogens with zero attached hydrogens (tertiary/aromatic N) is 1. The molecular weight excluding hydrogens is 262 g/mol. The van der Waals surface area contributed by atoms with Crippen LogP contribution in [0.2, 0.25) is 0 Å². The highest BCUT2D eigenvalue weighted by atomic mass is 35.5. The number of hydrogen-bond acceptors (Lipinski definition) is 3. The van der Waals surface area contributed by atoms with Gasteiger partial charge in [-0.1, -0.05) is 13.8 Å². The smallest absolute Gasteiger partial charge is 0.251 e. The van der Waals surface area contributed by atoms with Crippen molar-refractivity contribution in [2.75, 3.05) is 6.54 Å². The van der Waals surface area contributed by atoms with E-state index in [9.17, 15) is 4.79 Å². The number of carbonyl (C=O) groups is 1. The Balaban J connectivity index is 0.00000324. The molecule has 1 aromatic carbocycles. The van der Waals surface area contributed by atoms with Gasteiger partial charge in [0.1, 0.15) is 0 Å². The fourth-order valence-corrected chi connectivity index (χ4v) is 1.46. The Hall–Kier alpha value is -1.57. The highest BCUT2D eigenvalue weighted by molar-refractivity contribution is 5.94. The molecule has 0 saturated carbocycles. The summed E-state index contributed by atoms with van der Waals surface area (Å²) in [5, 5.41) is 11.6. The van der Waals surface area contributed by atoms with Crippen LogP contribution < -0.4 is 11.1 Å². The predicted octanol–water partition coefficient (Wildman–Crippen LogP) is 2.08. The first-order valence-electron chi connectivity index (χ1n) is 5.95. The molecule has 19 heavy (non-hydrogen) atoms. The molecule has 4 nitrogen and oxygen atoms in total. The topological polar surface area (TPSA) is 78.9 Å². The average Bonchev–Trinajstić information content (AvgIpc) is 2.38. The van der Waals surface area contributed by atoms with Crippen LogP contribution >= 0.6 is 12.4 Å². The van der Waals surface area contributed by atoms with Crippen LogP contribution in [0.3, 0.4) is 0 Å². The van der Waals surface area contributed by atoms with E-state index in [1.54, 1.807) is 24.3 Å². The maximum atomic E-state index is 12.1. The molecule has 0 aliphatic carbocycles. The van der Waals surface area contributed by atoms with Crippen molar-refractivity contribution in [1.82, 2.24) is 5.32 Å². The van der Waals surface area contributed by atoms with Crippen molar-refractivity contribution >= 4 is 18.3 Å². The summed E-state index contributed by atoms with van der Waals surface area (Å²) >= 11 is 0. The number of halogens is 1. The second kappa shape index (κ2) is 7.13. The molecule has 0 aliphatic heterocycles. The molecule has 0 saturated heterocycles. The molecule has 1 amide bonds. The van der Waals surface area contributed by atoms with E-state index in [4.69, 9.17) is 11.0 Å². The molecule has 1 atom stereocenters. The molecule has 0 heterocycles. The van der Waals surface area contributed by atoms with E-state index < -0.39 is 5.54 Å². The van der Waals surface area contributed by atoms with Crippen LogP contribution in [-0.2, 0) is 0 Å². The van der Waals surface area contributed by atoms with Crippen molar-refractivity contribution in [1.29, 1.82) is 5.26 Å². The molecule has 0 bridgehead atoms. The van der Waals surface area contributed by atoms with E-state index in [2.05, 4.69) is 5.32 Å². The minimum atomic E-state index is -0.426. The Labute approximate surface area is 120 Å². The van der Waals surface area contributed by atoms with E-state index in [1.807, 2.05) is 26.8 Å². The summed E-state index contributed by atoms with van der Waals surface area (Å²) in [5.41, 5.74) is 6.37. The number of rotatable bonds is 4. The normalized spacial score (nSPS) is 13.1. The van der Waals surface area contributed by atoms with Crippen LogP contribution in [0.5, 0.6) is 0 Å². The van der Waals surface area contributed by atoms with E-state index in [0.717, 1.165) is 0 Å². The van der Waals surface area contributed by atoms with Gasteiger partial charge in [-0.2, -0.15) is 5.26 Å². The fourth-order valence-electron chi connectivity index (χ4n) is 1.46. The first-order chi connectivity index (χ1) is 8.42. The predicted molar refractivity (Wildman–Crippen MR) is 78.2 cm³/mol. The minimum absolute atomic E-state index is 0. The Morgan fingerprint density at radius 2 is 1.95 bits per heavy atom. The maximum absolute atomic E-state index is 12.1. The summed E-state index contributed by atoms with van der Waals surface area (Å²) in [7, 11) is 0. The first-order valence-corrected chi connectivity index (χ1v) is 5.95. The molecular formula is C14H20ClN3O. The molecule has 1 rings (SSSR count).